The normalized spacial score (nSPS) is 22.3. The first-order valence-corrected chi connectivity index (χ1v) is 5.37. The molecule has 1 N–H and O–H groups in total. The first-order chi connectivity index (χ1) is 7.19. The topological polar surface area (TPSA) is 18.5 Å². The van der Waals surface area contributed by atoms with E-state index in [0.29, 0.717) is 0 Å². The number of hydrogen-bond donors (Lipinski definition) is 1. The Morgan fingerprint density at radius 3 is 2.60 bits per heavy atom. The predicted molar refractivity (Wildman–Crippen MR) is 63.4 cm³/mol. The Balaban J connectivity index is 2.16. The standard InChI is InChI=1S/C12H19N3/c1-13-12-6-11(8-15(3)9-12)10-4-5-14(2)7-10/h4,6,9,13H,5,7-8H2,1-3H3. The van der Waals surface area contributed by atoms with Crippen molar-refractivity contribution in [2.75, 3.05) is 40.8 Å². The summed E-state index contributed by atoms with van der Waals surface area (Å²) in [5.41, 5.74) is 4.10. The summed E-state index contributed by atoms with van der Waals surface area (Å²) in [6, 6.07) is 0. The molecule has 2 aliphatic heterocycles. The van der Waals surface area contributed by atoms with Crippen LogP contribution in [0, 0.1) is 0 Å². The van der Waals surface area contributed by atoms with E-state index in [1.54, 1.807) is 0 Å². The van der Waals surface area contributed by atoms with Gasteiger partial charge in [0.1, 0.15) is 0 Å². The average molecular weight is 205 g/mol. The molecule has 0 fully saturated rings. The van der Waals surface area contributed by atoms with Gasteiger partial charge in [-0.2, -0.15) is 0 Å². The van der Waals surface area contributed by atoms with Crippen molar-refractivity contribution in [2.45, 2.75) is 0 Å². The van der Waals surface area contributed by atoms with Gasteiger partial charge in [-0.25, -0.2) is 0 Å². The maximum Gasteiger partial charge on any atom is 0.0502 e. The molecule has 15 heavy (non-hydrogen) atoms. The van der Waals surface area contributed by atoms with E-state index in [9.17, 15) is 0 Å². The van der Waals surface area contributed by atoms with Crippen molar-refractivity contribution < 1.29 is 0 Å². The minimum Gasteiger partial charge on any atom is -0.387 e. The van der Waals surface area contributed by atoms with Crippen LogP contribution in [-0.4, -0.2) is 50.6 Å². The molecule has 2 aliphatic rings. The molecule has 0 aliphatic carbocycles. The second-order valence-corrected chi connectivity index (χ2v) is 4.35. The molecule has 0 aromatic carbocycles. The van der Waals surface area contributed by atoms with Crippen molar-refractivity contribution >= 4 is 0 Å². The minimum atomic E-state index is 1.02. The van der Waals surface area contributed by atoms with Gasteiger partial charge in [-0.15, -0.1) is 0 Å². The number of nitrogens with one attached hydrogen (secondary N) is 1. The highest BCUT2D eigenvalue weighted by Crippen LogP contribution is 2.21. The van der Waals surface area contributed by atoms with Crippen molar-refractivity contribution in [2.24, 2.45) is 0 Å². The summed E-state index contributed by atoms with van der Waals surface area (Å²) in [6.07, 6.45) is 6.73. The molecule has 0 saturated carbocycles. The van der Waals surface area contributed by atoms with Crippen molar-refractivity contribution in [3.05, 3.63) is 35.2 Å². The smallest absolute Gasteiger partial charge is 0.0502 e. The van der Waals surface area contributed by atoms with E-state index in [2.05, 4.69) is 47.6 Å². The van der Waals surface area contributed by atoms with Crippen LogP contribution >= 0.6 is 0 Å². The fraction of sp³-hybridized carbons (Fsp3) is 0.500. The molecule has 0 unspecified atom stereocenters. The molecule has 0 bridgehead atoms. The van der Waals surface area contributed by atoms with Gasteiger partial charge < -0.3 is 10.2 Å². The van der Waals surface area contributed by atoms with Gasteiger partial charge in [0.25, 0.3) is 0 Å². The highest BCUT2D eigenvalue weighted by molar-refractivity contribution is 5.42. The zero-order valence-electron chi connectivity index (χ0n) is 9.75. The number of rotatable bonds is 2. The van der Waals surface area contributed by atoms with E-state index in [0.717, 1.165) is 19.6 Å². The van der Waals surface area contributed by atoms with Crippen LogP contribution < -0.4 is 5.32 Å². The van der Waals surface area contributed by atoms with Crippen LogP contribution in [0.4, 0.5) is 0 Å². The highest BCUT2D eigenvalue weighted by Gasteiger charge is 2.17. The fourth-order valence-corrected chi connectivity index (χ4v) is 2.07. The average Bonchev–Trinajstić information content (AvgIpc) is 2.64. The van der Waals surface area contributed by atoms with Gasteiger partial charge in [0.15, 0.2) is 0 Å². The second kappa shape index (κ2) is 4.11. The molecule has 3 nitrogen and oxygen atoms in total. The minimum absolute atomic E-state index is 1.02. The fourth-order valence-electron chi connectivity index (χ4n) is 2.07. The van der Waals surface area contributed by atoms with Crippen LogP contribution in [-0.2, 0) is 0 Å². The summed E-state index contributed by atoms with van der Waals surface area (Å²) >= 11 is 0. The summed E-state index contributed by atoms with van der Waals surface area (Å²) in [7, 11) is 6.24. The zero-order valence-corrected chi connectivity index (χ0v) is 9.75. The van der Waals surface area contributed by atoms with Crippen LogP contribution in [0.2, 0.25) is 0 Å². The van der Waals surface area contributed by atoms with Gasteiger partial charge in [0, 0.05) is 39.9 Å². The molecule has 0 spiro atoms. The number of allylic oxidation sites excluding steroid dienone is 1. The van der Waals surface area contributed by atoms with Crippen LogP contribution in [0.15, 0.2) is 35.2 Å². The number of hydrogen-bond acceptors (Lipinski definition) is 3. The summed E-state index contributed by atoms with van der Waals surface area (Å²) in [5.74, 6) is 0. The molecule has 0 saturated heterocycles. The van der Waals surface area contributed by atoms with Crippen molar-refractivity contribution in [1.82, 2.24) is 15.1 Å². The van der Waals surface area contributed by atoms with Gasteiger partial charge in [-0.3, -0.25) is 4.90 Å². The molecule has 3 heteroatoms. The van der Waals surface area contributed by atoms with Crippen LogP contribution in [0.3, 0.4) is 0 Å². The summed E-state index contributed by atoms with van der Waals surface area (Å²) in [5, 5.41) is 3.20. The summed E-state index contributed by atoms with van der Waals surface area (Å²) < 4.78 is 0. The Morgan fingerprint density at radius 2 is 2.00 bits per heavy atom. The van der Waals surface area contributed by atoms with E-state index in [-0.39, 0.29) is 0 Å². The molecular formula is C12H19N3. The Labute approximate surface area is 91.7 Å². The first-order valence-electron chi connectivity index (χ1n) is 5.37. The SMILES string of the molecule is CNC1=CN(C)CC(C2=CCN(C)C2)=C1. The third-order valence-corrected chi connectivity index (χ3v) is 2.90. The highest BCUT2D eigenvalue weighted by atomic mass is 15.1. The zero-order chi connectivity index (χ0) is 10.8. The predicted octanol–water partition coefficient (Wildman–Crippen LogP) is 0.791. The number of likely N-dealkylation sites (N-methyl/N-ethyl adjacent to an activating group) is 3. The molecule has 0 atom stereocenters. The van der Waals surface area contributed by atoms with Crippen molar-refractivity contribution in [1.29, 1.82) is 0 Å². The van der Waals surface area contributed by atoms with E-state index in [1.807, 2.05) is 7.05 Å². The lowest BCUT2D eigenvalue weighted by Gasteiger charge is -2.24. The molecule has 2 rings (SSSR count). The van der Waals surface area contributed by atoms with Crippen LogP contribution in [0.5, 0.6) is 0 Å². The molecule has 2 heterocycles. The van der Waals surface area contributed by atoms with Crippen LogP contribution in [0.1, 0.15) is 0 Å². The third-order valence-electron chi connectivity index (χ3n) is 2.90. The van der Waals surface area contributed by atoms with Gasteiger partial charge in [-0.1, -0.05) is 6.08 Å². The molecule has 0 aromatic rings. The Morgan fingerprint density at radius 1 is 1.20 bits per heavy atom. The monoisotopic (exact) mass is 205 g/mol. The third kappa shape index (κ3) is 2.23. The van der Waals surface area contributed by atoms with Gasteiger partial charge in [-0.05, 0) is 24.3 Å². The van der Waals surface area contributed by atoms with Gasteiger partial charge in [0.2, 0.25) is 0 Å². The van der Waals surface area contributed by atoms with Gasteiger partial charge in [0.05, 0.1) is 5.70 Å². The van der Waals surface area contributed by atoms with Crippen molar-refractivity contribution in [3.63, 3.8) is 0 Å². The van der Waals surface area contributed by atoms with E-state index in [4.69, 9.17) is 0 Å². The first kappa shape index (κ1) is 10.3. The van der Waals surface area contributed by atoms with Gasteiger partial charge >= 0.3 is 0 Å². The summed E-state index contributed by atoms with van der Waals surface area (Å²) in [6.45, 7) is 3.18. The maximum absolute atomic E-state index is 3.20. The lowest BCUT2D eigenvalue weighted by Crippen LogP contribution is -2.24. The second-order valence-electron chi connectivity index (χ2n) is 4.35. The Hall–Kier alpha value is -1.22. The van der Waals surface area contributed by atoms with Crippen molar-refractivity contribution in [3.8, 4) is 0 Å². The molecule has 0 amide bonds. The Kier molecular flexibility index (Phi) is 2.82. The molecule has 0 radical (unpaired) electrons. The lowest BCUT2D eigenvalue weighted by molar-refractivity contribution is 0.426. The van der Waals surface area contributed by atoms with E-state index < -0.39 is 0 Å². The quantitative estimate of drug-likeness (QED) is 0.719. The summed E-state index contributed by atoms with van der Waals surface area (Å²) in [4.78, 5) is 4.55. The Bertz CT molecular complexity index is 339. The molecular weight excluding hydrogens is 186 g/mol. The molecule has 82 valence electrons. The molecule has 0 aromatic heterocycles. The van der Waals surface area contributed by atoms with E-state index >= 15 is 0 Å². The lowest BCUT2D eigenvalue weighted by atomic mass is 10.0. The van der Waals surface area contributed by atoms with E-state index in [1.165, 1.54) is 16.8 Å². The maximum atomic E-state index is 3.20. The van der Waals surface area contributed by atoms with Crippen LogP contribution in [0.25, 0.3) is 0 Å². The largest absolute Gasteiger partial charge is 0.387 e. The number of nitrogens with zero attached hydrogens (tertiary/aromatic N) is 2.